The zero-order valence-electron chi connectivity index (χ0n) is 13.3. The van der Waals surface area contributed by atoms with Crippen molar-refractivity contribution in [2.45, 2.75) is 26.9 Å². The highest BCUT2D eigenvalue weighted by atomic mass is 32.1. The molecule has 0 saturated heterocycles. The molecule has 114 valence electrons. The van der Waals surface area contributed by atoms with Crippen LogP contribution in [-0.4, -0.2) is 34.5 Å². The fourth-order valence-corrected chi connectivity index (χ4v) is 3.14. The Kier molecular flexibility index (Phi) is 5.01. The van der Waals surface area contributed by atoms with Crippen LogP contribution in [0, 0.1) is 13.8 Å². The van der Waals surface area contributed by atoms with Crippen molar-refractivity contribution in [3.05, 3.63) is 39.6 Å². The maximum absolute atomic E-state index is 4.45. The Balaban J connectivity index is 1.97. The molecule has 21 heavy (non-hydrogen) atoms. The van der Waals surface area contributed by atoms with Gasteiger partial charge < -0.3 is 14.8 Å². The molecular formula is C15H23N5S. The van der Waals surface area contributed by atoms with Crippen LogP contribution in [0.2, 0.25) is 0 Å². The third-order valence-corrected chi connectivity index (χ3v) is 4.50. The van der Waals surface area contributed by atoms with Gasteiger partial charge in [0.25, 0.3) is 0 Å². The second-order valence-corrected chi connectivity index (χ2v) is 6.40. The summed E-state index contributed by atoms with van der Waals surface area (Å²) in [6, 6.07) is 4.18. The monoisotopic (exact) mass is 305 g/mol. The van der Waals surface area contributed by atoms with E-state index in [4.69, 9.17) is 0 Å². The highest BCUT2D eigenvalue weighted by molar-refractivity contribution is 7.11. The summed E-state index contributed by atoms with van der Waals surface area (Å²) < 4.78 is 2.13. The number of guanidine groups is 1. The van der Waals surface area contributed by atoms with Crippen LogP contribution in [-0.2, 0) is 20.1 Å². The van der Waals surface area contributed by atoms with Gasteiger partial charge in [-0.3, -0.25) is 4.99 Å². The molecule has 0 aliphatic carbocycles. The second-order valence-electron chi connectivity index (χ2n) is 5.11. The minimum atomic E-state index is 0.765. The highest BCUT2D eigenvalue weighted by Crippen LogP contribution is 2.16. The molecule has 0 unspecified atom stereocenters. The van der Waals surface area contributed by atoms with Crippen LogP contribution < -0.4 is 5.32 Å². The molecule has 2 rings (SSSR count). The zero-order valence-corrected chi connectivity index (χ0v) is 14.2. The summed E-state index contributed by atoms with van der Waals surface area (Å²) in [5.41, 5.74) is 2.36. The van der Waals surface area contributed by atoms with Crippen LogP contribution in [0.4, 0.5) is 0 Å². The minimum Gasteiger partial charge on any atom is -0.353 e. The van der Waals surface area contributed by atoms with Gasteiger partial charge in [-0.1, -0.05) is 0 Å². The topological polar surface area (TPSA) is 45.5 Å². The molecule has 0 aliphatic rings. The van der Waals surface area contributed by atoms with Crippen molar-refractivity contribution in [2.24, 2.45) is 12.0 Å². The van der Waals surface area contributed by atoms with Gasteiger partial charge in [-0.25, -0.2) is 4.98 Å². The van der Waals surface area contributed by atoms with Gasteiger partial charge >= 0.3 is 0 Å². The van der Waals surface area contributed by atoms with Crippen molar-refractivity contribution < 1.29 is 0 Å². The van der Waals surface area contributed by atoms with Crippen molar-refractivity contribution in [1.82, 2.24) is 19.8 Å². The Labute approximate surface area is 130 Å². The molecule has 2 aromatic rings. The second kappa shape index (κ2) is 6.76. The number of nitrogens with zero attached hydrogens (tertiary/aromatic N) is 4. The van der Waals surface area contributed by atoms with Gasteiger partial charge in [0.05, 0.1) is 23.8 Å². The molecule has 1 N–H and O–H groups in total. The van der Waals surface area contributed by atoms with E-state index < -0.39 is 0 Å². The molecule has 0 aromatic carbocycles. The Morgan fingerprint density at radius 2 is 2.24 bits per heavy atom. The van der Waals surface area contributed by atoms with E-state index in [9.17, 15) is 0 Å². The van der Waals surface area contributed by atoms with Crippen molar-refractivity contribution in [3.63, 3.8) is 0 Å². The fraction of sp³-hybridized carbons (Fsp3) is 0.467. The first-order valence-corrected chi connectivity index (χ1v) is 7.77. The van der Waals surface area contributed by atoms with E-state index in [1.165, 1.54) is 10.6 Å². The van der Waals surface area contributed by atoms with Crippen LogP contribution >= 0.6 is 11.3 Å². The molecule has 0 aliphatic heterocycles. The van der Waals surface area contributed by atoms with E-state index in [1.54, 1.807) is 11.3 Å². The largest absolute Gasteiger partial charge is 0.353 e. The first-order chi connectivity index (χ1) is 10.0. The number of hydrogen-bond donors (Lipinski definition) is 1. The smallest absolute Gasteiger partial charge is 0.194 e. The maximum atomic E-state index is 4.45. The summed E-state index contributed by atoms with van der Waals surface area (Å²) in [6.45, 7) is 5.68. The number of nitrogens with one attached hydrogen (secondary N) is 1. The molecule has 0 bridgehead atoms. The van der Waals surface area contributed by atoms with E-state index in [-0.39, 0.29) is 0 Å². The van der Waals surface area contributed by atoms with Gasteiger partial charge in [0.15, 0.2) is 5.96 Å². The normalized spacial score (nSPS) is 11.8. The molecule has 0 radical (unpaired) electrons. The minimum absolute atomic E-state index is 0.765. The van der Waals surface area contributed by atoms with Gasteiger partial charge in [-0.15, -0.1) is 11.3 Å². The standard InChI is InChI=1S/C15H23N5S/c1-11-14(21-12(2)18-11)9-17-15(16-3)20(5)10-13-7-6-8-19(13)4/h6-8H,9-10H2,1-5H3,(H,16,17). The number of aromatic nitrogens is 2. The molecule has 0 fully saturated rings. The first kappa shape index (κ1) is 15.6. The summed E-state index contributed by atoms with van der Waals surface area (Å²) in [7, 11) is 5.92. The molecule has 0 spiro atoms. The van der Waals surface area contributed by atoms with Crippen LogP contribution in [0.3, 0.4) is 0 Å². The summed E-state index contributed by atoms with van der Waals surface area (Å²) in [4.78, 5) is 12.2. The summed E-state index contributed by atoms with van der Waals surface area (Å²) >= 11 is 1.74. The Bertz CT molecular complexity index is 626. The molecule has 5 nitrogen and oxygen atoms in total. The van der Waals surface area contributed by atoms with Crippen LogP contribution in [0.5, 0.6) is 0 Å². The quantitative estimate of drug-likeness (QED) is 0.696. The van der Waals surface area contributed by atoms with E-state index in [1.807, 2.05) is 21.0 Å². The summed E-state index contributed by atoms with van der Waals surface area (Å²) in [5.74, 6) is 0.890. The predicted molar refractivity (Wildman–Crippen MR) is 88.7 cm³/mol. The summed E-state index contributed by atoms with van der Waals surface area (Å²) in [6.07, 6.45) is 2.06. The predicted octanol–water partition coefficient (Wildman–Crippen LogP) is 2.31. The van der Waals surface area contributed by atoms with Gasteiger partial charge in [-0.05, 0) is 26.0 Å². The van der Waals surface area contributed by atoms with Gasteiger partial charge in [-0.2, -0.15) is 0 Å². The van der Waals surface area contributed by atoms with E-state index in [0.29, 0.717) is 0 Å². The Hall–Kier alpha value is -1.82. The Morgan fingerprint density at radius 3 is 2.76 bits per heavy atom. The molecule has 0 saturated carbocycles. The number of hydrogen-bond acceptors (Lipinski definition) is 3. The number of rotatable bonds is 4. The molecule has 2 aromatic heterocycles. The lowest BCUT2D eigenvalue weighted by Crippen LogP contribution is -2.38. The first-order valence-electron chi connectivity index (χ1n) is 6.96. The highest BCUT2D eigenvalue weighted by Gasteiger charge is 2.10. The lowest BCUT2D eigenvalue weighted by molar-refractivity contribution is 0.462. The van der Waals surface area contributed by atoms with Crippen molar-refractivity contribution in [1.29, 1.82) is 0 Å². The fourth-order valence-electron chi connectivity index (χ4n) is 2.26. The molecule has 2 heterocycles. The maximum Gasteiger partial charge on any atom is 0.194 e. The van der Waals surface area contributed by atoms with E-state index >= 15 is 0 Å². The van der Waals surface area contributed by atoms with Crippen LogP contribution in [0.1, 0.15) is 21.3 Å². The van der Waals surface area contributed by atoms with Crippen molar-refractivity contribution in [3.8, 4) is 0 Å². The van der Waals surface area contributed by atoms with Crippen molar-refractivity contribution >= 4 is 17.3 Å². The van der Waals surface area contributed by atoms with Crippen LogP contribution in [0.25, 0.3) is 0 Å². The third kappa shape index (κ3) is 3.85. The molecule has 0 amide bonds. The SMILES string of the molecule is CN=C(NCc1sc(C)nc1C)N(C)Cc1cccn1C. The number of aliphatic imine (C=N–C) groups is 1. The van der Waals surface area contributed by atoms with Gasteiger partial charge in [0, 0.05) is 37.9 Å². The van der Waals surface area contributed by atoms with Gasteiger partial charge in [0.1, 0.15) is 0 Å². The lowest BCUT2D eigenvalue weighted by atomic mass is 10.4. The van der Waals surface area contributed by atoms with Crippen LogP contribution in [0.15, 0.2) is 23.3 Å². The van der Waals surface area contributed by atoms with E-state index in [2.05, 4.69) is 57.1 Å². The number of thiazole rings is 1. The third-order valence-electron chi connectivity index (χ3n) is 3.43. The average molecular weight is 305 g/mol. The number of aryl methyl sites for hydroxylation is 3. The van der Waals surface area contributed by atoms with E-state index in [0.717, 1.165) is 29.8 Å². The molecule has 6 heteroatoms. The van der Waals surface area contributed by atoms with Crippen molar-refractivity contribution in [2.75, 3.05) is 14.1 Å². The lowest BCUT2D eigenvalue weighted by Gasteiger charge is -2.22. The summed E-state index contributed by atoms with van der Waals surface area (Å²) in [5, 5.41) is 4.52. The zero-order chi connectivity index (χ0) is 15.4. The molecule has 0 atom stereocenters. The average Bonchev–Trinajstić information content (AvgIpc) is 2.97. The Morgan fingerprint density at radius 1 is 1.48 bits per heavy atom. The van der Waals surface area contributed by atoms with Gasteiger partial charge in [0.2, 0.25) is 0 Å². The molecular weight excluding hydrogens is 282 g/mol.